The molecule has 0 spiro atoms. The van der Waals surface area contributed by atoms with E-state index in [2.05, 4.69) is 5.32 Å². The van der Waals surface area contributed by atoms with Gasteiger partial charge in [0.05, 0.1) is 25.6 Å². The van der Waals surface area contributed by atoms with E-state index < -0.39 is 11.7 Å². The fourth-order valence-corrected chi connectivity index (χ4v) is 1.86. The number of carbonyl (C=O) groups is 1. The summed E-state index contributed by atoms with van der Waals surface area (Å²) in [5, 5.41) is 2.55. The minimum Gasteiger partial charge on any atom is -0.497 e. The first-order valence-corrected chi connectivity index (χ1v) is 6.14. The van der Waals surface area contributed by atoms with E-state index in [-0.39, 0.29) is 11.3 Å². The molecule has 110 valence electrons. The van der Waals surface area contributed by atoms with Crippen LogP contribution in [0.2, 0.25) is 0 Å². The number of amides is 1. The topological polar surface area (TPSA) is 73.6 Å². The van der Waals surface area contributed by atoms with Crippen LogP contribution >= 0.6 is 0 Å². The van der Waals surface area contributed by atoms with Gasteiger partial charge in [0.25, 0.3) is 5.91 Å². The summed E-state index contributed by atoms with van der Waals surface area (Å²) in [4.78, 5) is 12.2. The number of carbonyl (C=O) groups excluding carboxylic acids is 1. The van der Waals surface area contributed by atoms with Crippen LogP contribution in [0.25, 0.3) is 0 Å². The van der Waals surface area contributed by atoms with E-state index in [1.54, 1.807) is 18.2 Å². The van der Waals surface area contributed by atoms with Gasteiger partial charge in [0.2, 0.25) is 0 Å². The van der Waals surface area contributed by atoms with E-state index in [1.165, 1.54) is 32.4 Å². The smallest absolute Gasteiger partial charge is 0.262 e. The lowest BCUT2D eigenvalue weighted by molar-refractivity contribution is 0.102. The third-order valence-electron chi connectivity index (χ3n) is 2.93. The molecule has 0 aliphatic heterocycles. The molecule has 0 aromatic heterocycles. The molecule has 0 radical (unpaired) electrons. The number of hydrogen-bond acceptors (Lipinski definition) is 4. The minimum atomic E-state index is -0.668. The van der Waals surface area contributed by atoms with E-state index in [0.717, 1.165) is 0 Å². The van der Waals surface area contributed by atoms with E-state index in [0.29, 0.717) is 17.1 Å². The van der Waals surface area contributed by atoms with Crippen molar-refractivity contribution >= 4 is 17.3 Å². The molecule has 0 fully saturated rings. The Morgan fingerprint density at radius 2 is 1.95 bits per heavy atom. The molecule has 2 aromatic rings. The molecule has 0 heterocycles. The van der Waals surface area contributed by atoms with Crippen LogP contribution < -0.4 is 20.5 Å². The van der Waals surface area contributed by atoms with Gasteiger partial charge < -0.3 is 20.5 Å². The quantitative estimate of drug-likeness (QED) is 0.849. The molecule has 6 heteroatoms. The molecule has 2 aromatic carbocycles. The van der Waals surface area contributed by atoms with Crippen molar-refractivity contribution in [3.63, 3.8) is 0 Å². The van der Waals surface area contributed by atoms with Crippen LogP contribution in [0.5, 0.6) is 11.5 Å². The van der Waals surface area contributed by atoms with Crippen molar-refractivity contribution in [2.24, 2.45) is 0 Å². The highest BCUT2D eigenvalue weighted by molar-refractivity contribution is 6.07. The highest BCUT2D eigenvalue weighted by Gasteiger charge is 2.18. The van der Waals surface area contributed by atoms with Gasteiger partial charge in [0.1, 0.15) is 22.9 Å². The maximum Gasteiger partial charge on any atom is 0.262 e. The van der Waals surface area contributed by atoms with Gasteiger partial charge in [-0.3, -0.25) is 4.79 Å². The minimum absolute atomic E-state index is 0.152. The Labute approximate surface area is 121 Å². The Morgan fingerprint density at radius 3 is 2.57 bits per heavy atom. The van der Waals surface area contributed by atoms with Gasteiger partial charge in [0, 0.05) is 6.07 Å². The van der Waals surface area contributed by atoms with Crippen LogP contribution in [-0.4, -0.2) is 20.1 Å². The molecule has 0 atom stereocenters. The Hall–Kier alpha value is -2.76. The SMILES string of the molecule is COc1ccc(NC(=O)c2c(F)cccc2OC)c(N)c1. The zero-order valence-electron chi connectivity index (χ0n) is 11.6. The Kier molecular flexibility index (Phi) is 4.27. The van der Waals surface area contributed by atoms with E-state index >= 15 is 0 Å². The largest absolute Gasteiger partial charge is 0.497 e. The van der Waals surface area contributed by atoms with Gasteiger partial charge in [-0.2, -0.15) is 0 Å². The second kappa shape index (κ2) is 6.13. The lowest BCUT2D eigenvalue weighted by atomic mass is 10.1. The van der Waals surface area contributed by atoms with Crippen molar-refractivity contribution in [3.8, 4) is 11.5 Å². The number of rotatable bonds is 4. The molecular weight excluding hydrogens is 275 g/mol. The monoisotopic (exact) mass is 290 g/mol. The molecule has 3 N–H and O–H groups in total. The van der Waals surface area contributed by atoms with Crippen LogP contribution in [0.3, 0.4) is 0 Å². The third kappa shape index (κ3) is 3.05. The predicted octanol–water partition coefficient (Wildman–Crippen LogP) is 2.68. The molecular formula is C15H15FN2O3. The van der Waals surface area contributed by atoms with Crippen molar-refractivity contribution in [1.82, 2.24) is 0 Å². The lowest BCUT2D eigenvalue weighted by Gasteiger charge is -2.12. The standard InChI is InChI=1S/C15H15FN2O3/c1-20-9-6-7-12(11(17)8-9)18-15(19)14-10(16)4-3-5-13(14)21-2/h3-8H,17H2,1-2H3,(H,18,19). The zero-order chi connectivity index (χ0) is 15.4. The number of hydrogen-bond donors (Lipinski definition) is 2. The molecule has 0 aliphatic rings. The highest BCUT2D eigenvalue weighted by atomic mass is 19.1. The number of ether oxygens (including phenoxy) is 2. The summed E-state index contributed by atoms with van der Waals surface area (Å²) in [7, 11) is 2.88. The number of halogens is 1. The molecule has 0 bridgehead atoms. The Balaban J connectivity index is 2.30. The Bertz CT molecular complexity index is 674. The number of benzene rings is 2. The summed E-state index contributed by atoms with van der Waals surface area (Å²) in [6.07, 6.45) is 0. The first-order chi connectivity index (χ1) is 10.1. The molecule has 1 amide bonds. The number of anilines is 2. The summed E-state index contributed by atoms with van der Waals surface area (Å²) >= 11 is 0. The molecule has 0 saturated carbocycles. The van der Waals surface area contributed by atoms with Crippen LogP contribution in [0, 0.1) is 5.82 Å². The van der Waals surface area contributed by atoms with Gasteiger partial charge in [-0.1, -0.05) is 6.07 Å². The number of nitrogen functional groups attached to an aromatic ring is 1. The highest BCUT2D eigenvalue weighted by Crippen LogP contribution is 2.27. The first-order valence-electron chi connectivity index (χ1n) is 6.14. The maximum absolute atomic E-state index is 13.8. The van der Waals surface area contributed by atoms with Crippen molar-refractivity contribution in [1.29, 1.82) is 0 Å². The number of methoxy groups -OCH3 is 2. The molecule has 0 aliphatic carbocycles. The fraction of sp³-hybridized carbons (Fsp3) is 0.133. The summed E-state index contributed by atoms with van der Waals surface area (Å²) < 4.78 is 23.8. The van der Waals surface area contributed by atoms with Crippen LogP contribution in [0.4, 0.5) is 15.8 Å². The molecule has 0 saturated heterocycles. The van der Waals surface area contributed by atoms with E-state index in [9.17, 15) is 9.18 Å². The van der Waals surface area contributed by atoms with Gasteiger partial charge in [-0.15, -0.1) is 0 Å². The van der Waals surface area contributed by atoms with Crippen LogP contribution in [0.1, 0.15) is 10.4 Å². The number of nitrogens with one attached hydrogen (secondary N) is 1. The molecule has 21 heavy (non-hydrogen) atoms. The van der Waals surface area contributed by atoms with Crippen molar-refractivity contribution in [2.75, 3.05) is 25.3 Å². The average Bonchev–Trinajstić information content (AvgIpc) is 2.48. The second-order valence-corrected chi connectivity index (χ2v) is 4.22. The van der Waals surface area contributed by atoms with Crippen LogP contribution in [0.15, 0.2) is 36.4 Å². The third-order valence-corrected chi connectivity index (χ3v) is 2.93. The Morgan fingerprint density at radius 1 is 1.19 bits per heavy atom. The molecule has 2 rings (SSSR count). The maximum atomic E-state index is 13.8. The molecule has 5 nitrogen and oxygen atoms in total. The summed E-state index contributed by atoms with van der Waals surface area (Å²) in [5.74, 6) is -0.589. The second-order valence-electron chi connectivity index (χ2n) is 4.22. The average molecular weight is 290 g/mol. The van der Waals surface area contributed by atoms with E-state index in [1.807, 2.05) is 0 Å². The van der Waals surface area contributed by atoms with Crippen molar-refractivity contribution in [3.05, 3.63) is 47.8 Å². The summed E-state index contributed by atoms with van der Waals surface area (Å²) in [6, 6.07) is 8.95. The van der Waals surface area contributed by atoms with E-state index in [4.69, 9.17) is 15.2 Å². The van der Waals surface area contributed by atoms with Crippen molar-refractivity contribution in [2.45, 2.75) is 0 Å². The van der Waals surface area contributed by atoms with Crippen LogP contribution in [-0.2, 0) is 0 Å². The van der Waals surface area contributed by atoms with Gasteiger partial charge in [-0.05, 0) is 24.3 Å². The zero-order valence-corrected chi connectivity index (χ0v) is 11.6. The van der Waals surface area contributed by atoms with Gasteiger partial charge in [-0.25, -0.2) is 4.39 Å². The first kappa shape index (κ1) is 14.6. The van der Waals surface area contributed by atoms with Gasteiger partial charge >= 0.3 is 0 Å². The normalized spacial score (nSPS) is 10.0. The van der Waals surface area contributed by atoms with Gasteiger partial charge in [0.15, 0.2) is 0 Å². The summed E-state index contributed by atoms with van der Waals surface area (Å²) in [5.41, 5.74) is 6.33. The van der Waals surface area contributed by atoms with Crippen molar-refractivity contribution < 1.29 is 18.7 Å². The predicted molar refractivity (Wildman–Crippen MR) is 78.3 cm³/mol. The summed E-state index contributed by atoms with van der Waals surface area (Å²) in [6.45, 7) is 0. The fourth-order valence-electron chi connectivity index (χ4n) is 1.86. The number of nitrogens with two attached hydrogens (primary N) is 1. The lowest BCUT2D eigenvalue weighted by Crippen LogP contribution is -2.16. The molecule has 0 unspecified atom stereocenters.